The number of nitrogens with zero attached hydrogens (tertiary/aromatic N) is 5. The van der Waals surface area contributed by atoms with Crippen molar-refractivity contribution < 1.29 is 22.7 Å². The molecule has 50 heavy (non-hydrogen) atoms. The summed E-state index contributed by atoms with van der Waals surface area (Å²) in [5.41, 5.74) is 2.63. The molecule has 0 radical (unpaired) electrons. The summed E-state index contributed by atoms with van der Waals surface area (Å²) >= 11 is 0. The Morgan fingerprint density at radius 1 is 0.780 bits per heavy atom. The first-order chi connectivity index (χ1) is 22.8. The van der Waals surface area contributed by atoms with Crippen LogP contribution in [-0.2, 0) is 18.0 Å². The number of hydrogen-bond acceptors (Lipinski definition) is 8. The number of rotatable bonds is 9. The van der Waals surface area contributed by atoms with Gasteiger partial charge in [-0.1, -0.05) is 86.6 Å². The average molecular weight is 738 g/mol. The standard InChI is InChI=1S/C37H59N5O5Si3/c1-35(2,3)48(10,11)44-22-28-31(46-49(12,13)36(4,5)6)32(47-50(14,15)37(7,8)9)34(45-28)41-23-38-29-30(42(43)24-39-33(29)41)27-21-20-25-18-16-17-19-26(25)40-27/h16-21,23-24,28,31-32,34H,22H2,1-15H3/t28-,31-,32-,34-/m1/s1. The molecule has 5 rings (SSSR count). The molecule has 4 heterocycles. The molecule has 0 unspecified atom stereocenters. The van der Waals surface area contributed by atoms with Gasteiger partial charge in [0.05, 0.1) is 12.1 Å². The molecule has 0 bridgehead atoms. The first kappa shape index (κ1) is 38.7. The highest BCUT2D eigenvalue weighted by Crippen LogP contribution is 2.47. The van der Waals surface area contributed by atoms with E-state index in [1.165, 1.54) is 6.33 Å². The maximum atomic E-state index is 13.4. The van der Waals surface area contributed by atoms with Crippen LogP contribution in [0.3, 0.4) is 0 Å². The van der Waals surface area contributed by atoms with E-state index in [4.69, 9.17) is 28.0 Å². The van der Waals surface area contributed by atoms with Crippen molar-refractivity contribution in [1.82, 2.24) is 19.5 Å². The summed E-state index contributed by atoms with van der Waals surface area (Å²) in [6.07, 6.45) is 1.11. The molecule has 4 atom stereocenters. The van der Waals surface area contributed by atoms with Crippen molar-refractivity contribution in [2.75, 3.05) is 6.61 Å². The predicted molar refractivity (Wildman–Crippen MR) is 208 cm³/mol. The fourth-order valence-electron chi connectivity index (χ4n) is 5.41. The van der Waals surface area contributed by atoms with Gasteiger partial charge in [-0.2, -0.15) is 0 Å². The van der Waals surface area contributed by atoms with Crippen LogP contribution in [0.2, 0.25) is 54.4 Å². The van der Waals surface area contributed by atoms with E-state index in [9.17, 15) is 5.21 Å². The van der Waals surface area contributed by atoms with Crippen LogP contribution in [0.4, 0.5) is 0 Å². The lowest BCUT2D eigenvalue weighted by molar-refractivity contribution is -0.595. The average Bonchev–Trinajstić information content (AvgIpc) is 3.54. The molecule has 0 N–H and O–H groups in total. The number of aromatic nitrogens is 5. The Hall–Kier alpha value is -2.53. The van der Waals surface area contributed by atoms with Gasteiger partial charge in [0.25, 0.3) is 12.0 Å². The maximum Gasteiger partial charge on any atom is 0.292 e. The van der Waals surface area contributed by atoms with E-state index in [0.717, 1.165) is 15.6 Å². The van der Waals surface area contributed by atoms with Crippen LogP contribution in [0.15, 0.2) is 49.1 Å². The zero-order chi connectivity index (χ0) is 37.2. The zero-order valence-electron chi connectivity index (χ0n) is 32.9. The lowest BCUT2D eigenvalue weighted by Crippen LogP contribution is -2.54. The number of hydrogen-bond donors (Lipinski definition) is 0. The summed E-state index contributed by atoms with van der Waals surface area (Å²) in [7, 11) is -6.82. The minimum Gasteiger partial charge on any atom is -0.710 e. The Labute approximate surface area is 301 Å². The molecule has 13 heteroatoms. The minimum atomic E-state index is -2.37. The molecule has 1 saturated heterocycles. The van der Waals surface area contributed by atoms with Gasteiger partial charge in [-0.25, -0.2) is 14.7 Å². The Morgan fingerprint density at radius 3 is 1.96 bits per heavy atom. The van der Waals surface area contributed by atoms with Gasteiger partial charge in [0.2, 0.25) is 0 Å². The SMILES string of the molecule is CC(C)(C)[Si](C)(C)OC[C@H]1O[C@@H](n2cnc3c(-c4ccc5ccccc5n4)[n+]([O-])cnc32)[C@H](O[Si](C)(C)C(C)(C)C)[C@@H]1O[Si](C)(C)C(C)(C)C. The quantitative estimate of drug-likeness (QED) is 0.0952. The van der Waals surface area contributed by atoms with Crippen molar-refractivity contribution in [2.24, 2.45) is 0 Å². The van der Waals surface area contributed by atoms with Crippen LogP contribution >= 0.6 is 0 Å². The first-order valence-electron chi connectivity index (χ1n) is 17.8. The van der Waals surface area contributed by atoms with Gasteiger partial charge in [0.1, 0.15) is 30.3 Å². The largest absolute Gasteiger partial charge is 0.710 e. The number of pyridine rings is 1. The third-order valence-electron chi connectivity index (χ3n) is 11.8. The van der Waals surface area contributed by atoms with Gasteiger partial charge in [-0.05, 0) is 71.5 Å². The smallest absolute Gasteiger partial charge is 0.292 e. The second-order valence-corrected chi connectivity index (χ2v) is 32.8. The van der Waals surface area contributed by atoms with Crippen molar-refractivity contribution in [3.05, 3.63) is 54.3 Å². The van der Waals surface area contributed by atoms with Crippen molar-refractivity contribution in [3.63, 3.8) is 0 Å². The van der Waals surface area contributed by atoms with Crippen molar-refractivity contribution >= 4 is 47.0 Å². The van der Waals surface area contributed by atoms with Gasteiger partial charge < -0.3 is 23.2 Å². The van der Waals surface area contributed by atoms with Crippen LogP contribution < -0.4 is 4.73 Å². The number of benzene rings is 1. The number of fused-ring (bicyclic) bond motifs is 2. The van der Waals surface area contributed by atoms with Gasteiger partial charge in [-0.3, -0.25) is 4.57 Å². The fraction of sp³-hybridized carbons (Fsp3) is 0.622. The van der Waals surface area contributed by atoms with E-state index in [2.05, 4.69) is 107 Å². The highest BCUT2D eigenvalue weighted by Gasteiger charge is 2.55. The highest BCUT2D eigenvalue weighted by atomic mass is 28.4. The van der Waals surface area contributed by atoms with Crippen LogP contribution in [0, 0.1) is 5.21 Å². The molecule has 1 fully saturated rings. The first-order valence-corrected chi connectivity index (χ1v) is 26.5. The van der Waals surface area contributed by atoms with Crippen LogP contribution in [-0.4, -0.2) is 69.4 Å². The summed E-state index contributed by atoms with van der Waals surface area (Å²) < 4.78 is 31.3. The lowest BCUT2D eigenvalue weighted by Gasteiger charge is -2.44. The van der Waals surface area contributed by atoms with Crippen molar-refractivity contribution in [3.8, 4) is 11.4 Å². The third-order valence-corrected chi connectivity index (χ3v) is 25.2. The minimum absolute atomic E-state index is 0.0310. The Morgan fingerprint density at radius 2 is 1.36 bits per heavy atom. The normalized spacial score (nSPS) is 21.4. The molecular weight excluding hydrogens is 679 g/mol. The summed E-state index contributed by atoms with van der Waals surface area (Å²) in [4.78, 5) is 14.3. The predicted octanol–water partition coefficient (Wildman–Crippen LogP) is 8.98. The van der Waals surface area contributed by atoms with E-state index in [1.807, 2.05) is 41.0 Å². The molecule has 10 nitrogen and oxygen atoms in total. The maximum absolute atomic E-state index is 13.4. The van der Waals surface area contributed by atoms with E-state index in [1.54, 1.807) is 6.33 Å². The monoisotopic (exact) mass is 737 g/mol. The Bertz CT molecular complexity index is 1840. The fourth-order valence-corrected chi connectivity index (χ4v) is 9.03. The molecule has 1 aliphatic rings. The molecule has 0 aliphatic carbocycles. The number of ether oxygens (including phenoxy) is 1. The molecule has 1 aliphatic heterocycles. The molecule has 3 aromatic heterocycles. The molecule has 4 aromatic rings. The Kier molecular flexibility index (Phi) is 10.2. The molecular formula is C37H59N5O5Si3. The summed E-state index contributed by atoms with van der Waals surface area (Å²) in [6.45, 7) is 34.2. The number of imidazole rings is 1. The Balaban J connectivity index is 1.66. The van der Waals surface area contributed by atoms with Crippen molar-refractivity contribution in [1.29, 1.82) is 0 Å². The zero-order valence-corrected chi connectivity index (χ0v) is 35.9. The molecule has 0 spiro atoms. The molecule has 1 aromatic carbocycles. The third kappa shape index (κ3) is 7.37. The van der Waals surface area contributed by atoms with Crippen LogP contribution in [0.1, 0.15) is 68.5 Å². The summed E-state index contributed by atoms with van der Waals surface area (Å²) in [6, 6.07) is 11.7. The van der Waals surface area contributed by atoms with Crippen molar-refractivity contribution in [2.45, 2.75) is 141 Å². The van der Waals surface area contributed by atoms with E-state index in [0.29, 0.717) is 29.2 Å². The molecule has 0 saturated carbocycles. The van der Waals surface area contributed by atoms with Crippen LogP contribution in [0.25, 0.3) is 33.5 Å². The van der Waals surface area contributed by atoms with Crippen LogP contribution in [0.5, 0.6) is 0 Å². The van der Waals surface area contributed by atoms with Gasteiger partial charge >= 0.3 is 0 Å². The topological polar surface area (TPSA) is 107 Å². The second kappa shape index (κ2) is 13.2. The van der Waals surface area contributed by atoms with E-state index in [-0.39, 0.29) is 15.1 Å². The summed E-state index contributed by atoms with van der Waals surface area (Å²) in [5, 5.41) is 14.3. The highest BCUT2D eigenvalue weighted by molar-refractivity contribution is 6.75. The lowest BCUT2D eigenvalue weighted by atomic mass is 10.1. The summed E-state index contributed by atoms with van der Waals surface area (Å²) in [5.74, 6) is 0. The van der Waals surface area contributed by atoms with Gasteiger partial charge in [-0.15, -0.1) is 0 Å². The van der Waals surface area contributed by atoms with E-state index >= 15 is 0 Å². The van der Waals surface area contributed by atoms with Gasteiger partial charge in [0, 0.05) is 5.39 Å². The number of para-hydroxylation sites is 1. The molecule has 0 amide bonds. The molecule has 274 valence electrons. The van der Waals surface area contributed by atoms with Gasteiger partial charge in [0.15, 0.2) is 42.4 Å². The van der Waals surface area contributed by atoms with E-state index < -0.39 is 49.5 Å². The second-order valence-electron chi connectivity index (χ2n) is 18.5.